The number of rotatable bonds is 3. The van der Waals surface area contributed by atoms with E-state index in [-0.39, 0.29) is 5.78 Å². The molecule has 1 aromatic carbocycles. The number of aromatic amines is 1. The molecule has 0 fully saturated rings. The molecule has 0 radical (unpaired) electrons. The first-order valence-corrected chi connectivity index (χ1v) is 6.01. The number of hydrogen-bond donors (Lipinski definition) is 2. The van der Waals surface area contributed by atoms with Crippen molar-refractivity contribution in [1.82, 2.24) is 4.98 Å². The largest absolute Gasteiger partial charge is 0.359 e. The average molecular weight is 242 g/mol. The number of carbonyl (C=O) groups excluding carboxylic acids is 1. The Morgan fingerprint density at radius 1 is 1.22 bits per heavy atom. The van der Waals surface area contributed by atoms with Crippen LogP contribution in [0, 0.1) is 13.8 Å². The molecular weight excluding hydrogens is 224 g/mol. The monoisotopic (exact) mass is 242 g/mol. The quantitative estimate of drug-likeness (QED) is 0.806. The van der Waals surface area contributed by atoms with Gasteiger partial charge in [-0.1, -0.05) is 0 Å². The molecule has 94 valence electrons. The fourth-order valence-electron chi connectivity index (χ4n) is 2.13. The highest BCUT2D eigenvalue weighted by molar-refractivity contribution is 5.89. The van der Waals surface area contributed by atoms with Gasteiger partial charge in [-0.25, -0.2) is 0 Å². The average Bonchev–Trinajstić information content (AvgIpc) is 2.56. The topological polar surface area (TPSA) is 44.9 Å². The normalized spacial score (nSPS) is 11.9. The van der Waals surface area contributed by atoms with Crippen LogP contribution in [-0.2, 0) is 4.79 Å². The maximum Gasteiger partial charge on any atom is 0.154 e. The standard InChI is InChI=1S/C15H18N2O/c1-9-5-13-7-11(3)17-15(13)8-14(9)16-10(2)6-12(4)18/h5-8,16-17H,1-4H3/b10-6-. The van der Waals surface area contributed by atoms with Crippen molar-refractivity contribution in [3.8, 4) is 0 Å². The van der Waals surface area contributed by atoms with Crippen LogP contribution in [0.4, 0.5) is 5.69 Å². The van der Waals surface area contributed by atoms with Gasteiger partial charge in [-0.05, 0) is 57.5 Å². The van der Waals surface area contributed by atoms with E-state index >= 15 is 0 Å². The van der Waals surface area contributed by atoms with Crippen LogP contribution in [0.5, 0.6) is 0 Å². The van der Waals surface area contributed by atoms with Gasteiger partial charge in [0.15, 0.2) is 5.78 Å². The molecule has 2 aromatic rings. The molecule has 0 atom stereocenters. The predicted octanol–water partition coefficient (Wildman–Crippen LogP) is 3.69. The summed E-state index contributed by atoms with van der Waals surface area (Å²) < 4.78 is 0. The Bertz CT molecular complexity index is 635. The van der Waals surface area contributed by atoms with Gasteiger partial charge in [0.05, 0.1) is 0 Å². The second kappa shape index (κ2) is 4.69. The third kappa shape index (κ3) is 2.62. The Balaban J connectivity index is 2.38. The number of ketones is 1. The molecule has 0 unspecified atom stereocenters. The number of benzene rings is 1. The summed E-state index contributed by atoms with van der Waals surface area (Å²) in [6, 6.07) is 6.35. The molecule has 1 aromatic heterocycles. The van der Waals surface area contributed by atoms with Crippen molar-refractivity contribution in [3.05, 3.63) is 41.2 Å². The molecule has 3 nitrogen and oxygen atoms in total. The lowest BCUT2D eigenvalue weighted by Gasteiger charge is -2.10. The Morgan fingerprint density at radius 3 is 2.61 bits per heavy atom. The van der Waals surface area contributed by atoms with Crippen molar-refractivity contribution in [2.45, 2.75) is 27.7 Å². The van der Waals surface area contributed by atoms with E-state index < -0.39 is 0 Å². The van der Waals surface area contributed by atoms with E-state index in [0.29, 0.717) is 0 Å². The van der Waals surface area contributed by atoms with Crippen molar-refractivity contribution in [1.29, 1.82) is 0 Å². The predicted molar refractivity (Wildman–Crippen MR) is 75.8 cm³/mol. The summed E-state index contributed by atoms with van der Waals surface area (Å²) in [5.41, 5.74) is 5.30. The second-order valence-corrected chi connectivity index (χ2v) is 4.77. The van der Waals surface area contributed by atoms with Crippen LogP contribution in [0.25, 0.3) is 10.9 Å². The summed E-state index contributed by atoms with van der Waals surface area (Å²) in [5.74, 6) is 0.0504. The van der Waals surface area contributed by atoms with E-state index in [1.165, 1.54) is 5.39 Å². The highest BCUT2D eigenvalue weighted by Gasteiger charge is 2.04. The Morgan fingerprint density at radius 2 is 1.94 bits per heavy atom. The molecular formula is C15H18N2O. The third-order valence-corrected chi connectivity index (χ3v) is 2.85. The van der Waals surface area contributed by atoms with E-state index in [9.17, 15) is 4.79 Å². The zero-order valence-corrected chi connectivity index (χ0v) is 11.2. The SMILES string of the molecule is CC(=O)/C=C(/C)Nc1cc2[nH]c(C)cc2cc1C. The molecule has 1 heterocycles. The Labute approximate surface area is 107 Å². The summed E-state index contributed by atoms with van der Waals surface area (Å²) >= 11 is 0. The van der Waals surface area contributed by atoms with Gasteiger partial charge in [-0.2, -0.15) is 0 Å². The zero-order valence-electron chi connectivity index (χ0n) is 11.2. The zero-order chi connectivity index (χ0) is 13.3. The maximum absolute atomic E-state index is 11.0. The molecule has 3 heteroatoms. The first-order valence-electron chi connectivity index (χ1n) is 6.01. The van der Waals surface area contributed by atoms with Crippen LogP contribution < -0.4 is 5.32 Å². The van der Waals surface area contributed by atoms with Crippen molar-refractivity contribution < 1.29 is 4.79 Å². The third-order valence-electron chi connectivity index (χ3n) is 2.85. The van der Waals surface area contributed by atoms with E-state index in [1.807, 2.05) is 13.8 Å². The summed E-state index contributed by atoms with van der Waals surface area (Å²) in [4.78, 5) is 14.3. The molecule has 0 aliphatic heterocycles. The molecule has 2 N–H and O–H groups in total. The molecule has 18 heavy (non-hydrogen) atoms. The van der Waals surface area contributed by atoms with Crippen LogP contribution >= 0.6 is 0 Å². The molecule has 0 amide bonds. The molecule has 0 aliphatic rings. The number of anilines is 1. The number of H-pyrrole nitrogens is 1. The number of hydrogen-bond acceptors (Lipinski definition) is 2. The Hall–Kier alpha value is -2.03. The highest BCUT2D eigenvalue weighted by atomic mass is 16.1. The second-order valence-electron chi connectivity index (χ2n) is 4.77. The van der Waals surface area contributed by atoms with Crippen LogP contribution in [0.3, 0.4) is 0 Å². The molecule has 0 aliphatic carbocycles. The summed E-state index contributed by atoms with van der Waals surface area (Å²) in [5, 5.41) is 4.47. The van der Waals surface area contributed by atoms with Crippen LogP contribution in [-0.4, -0.2) is 10.8 Å². The van der Waals surface area contributed by atoms with Crippen LogP contribution in [0.15, 0.2) is 30.0 Å². The number of carbonyl (C=O) groups is 1. The van der Waals surface area contributed by atoms with Crippen molar-refractivity contribution >= 4 is 22.4 Å². The number of aryl methyl sites for hydroxylation is 2. The molecule has 0 saturated carbocycles. The number of nitrogens with one attached hydrogen (secondary N) is 2. The van der Waals surface area contributed by atoms with E-state index in [4.69, 9.17) is 0 Å². The molecule has 0 bridgehead atoms. The van der Waals surface area contributed by atoms with E-state index in [0.717, 1.165) is 28.2 Å². The van der Waals surface area contributed by atoms with Crippen molar-refractivity contribution in [3.63, 3.8) is 0 Å². The molecule has 0 saturated heterocycles. The summed E-state index contributed by atoms with van der Waals surface area (Å²) in [6.45, 7) is 7.55. The van der Waals surface area contributed by atoms with Gasteiger partial charge in [-0.3, -0.25) is 4.79 Å². The van der Waals surface area contributed by atoms with Gasteiger partial charge in [0.1, 0.15) is 0 Å². The minimum atomic E-state index is 0.0504. The lowest BCUT2D eigenvalue weighted by atomic mass is 10.1. The summed E-state index contributed by atoms with van der Waals surface area (Å²) in [7, 11) is 0. The van der Waals surface area contributed by atoms with Gasteiger partial charge in [0, 0.05) is 28.0 Å². The van der Waals surface area contributed by atoms with Crippen molar-refractivity contribution in [2.24, 2.45) is 0 Å². The first kappa shape index (κ1) is 12.4. The van der Waals surface area contributed by atoms with Gasteiger partial charge in [-0.15, -0.1) is 0 Å². The Kier molecular flexibility index (Phi) is 3.24. The molecule has 2 rings (SSSR count). The van der Waals surface area contributed by atoms with Gasteiger partial charge < -0.3 is 10.3 Å². The van der Waals surface area contributed by atoms with E-state index in [2.05, 4.69) is 35.4 Å². The lowest BCUT2D eigenvalue weighted by Crippen LogP contribution is -2.00. The van der Waals surface area contributed by atoms with Crippen molar-refractivity contribution in [2.75, 3.05) is 5.32 Å². The summed E-state index contributed by atoms with van der Waals surface area (Å²) in [6.07, 6.45) is 1.60. The van der Waals surface area contributed by atoms with Crippen LogP contribution in [0.2, 0.25) is 0 Å². The minimum absolute atomic E-state index is 0.0504. The minimum Gasteiger partial charge on any atom is -0.359 e. The number of allylic oxidation sites excluding steroid dienone is 2. The molecule has 0 spiro atoms. The van der Waals surface area contributed by atoms with Crippen LogP contribution in [0.1, 0.15) is 25.1 Å². The highest BCUT2D eigenvalue weighted by Crippen LogP contribution is 2.24. The first-order chi connectivity index (χ1) is 8.45. The van der Waals surface area contributed by atoms with Gasteiger partial charge >= 0.3 is 0 Å². The van der Waals surface area contributed by atoms with Gasteiger partial charge in [0.25, 0.3) is 0 Å². The smallest absolute Gasteiger partial charge is 0.154 e. The number of aromatic nitrogens is 1. The van der Waals surface area contributed by atoms with E-state index in [1.54, 1.807) is 13.0 Å². The fraction of sp³-hybridized carbons (Fsp3) is 0.267. The number of fused-ring (bicyclic) bond motifs is 1. The fourth-order valence-corrected chi connectivity index (χ4v) is 2.13. The van der Waals surface area contributed by atoms with Gasteiger partial charge in [0.2, 0.25) is 0 Å². The maximum atomic E-state index is 11.0. The lowest BCUT2D eigenvalue weighted by molar-refractivity contribution is -0.112.